The molecule has 5 heteroatoms. The van der Waals surface area contributed by atoms with E-state index in [2.05, 4.69) is 4.98 Å². The summed E-state index contributed by atoms with van der Waals surface area (Å²) in [4.78, 5) is 28.8. The smallest absolute Gasteiger partial charge is 0.407 e. The summed E-state index contributed by atoms with van der Waals surface area (Å²) in [7, 11) is 0. The average Bonchev–Trinajstić information content (AvgIpc) is 2.35. The average molecular weight is 260 g/mol. The first-order chi connectivity index (χ1) is 8.90. The van der Waals surface area contributed by atoms with Crippen LogP contribution in [0.4, 0.5) is 4.79 Å². The van der Waals surface area contributed by atoms with Crippen LogP contribution in [0.1, 0.15) is 19.5 Å². The lowest BCUT2D eigenvalue weighted by molar-refractivity contribution is -0.125. The molecule has 0 spiro atoms. The molecule has 0 radical (unpaired) electrons. The van der Waals surface area contributed by atoms with Crippen LogP contribution >= 0.6 is 0 Å². The Morgan fingerprint density at radius 2 is 2.21 bits per heavy atom. The second-order valence-electron chi connectivity index (χ2n) is 5.28. The molecular formula is C14H16N2O3. The molecule has 5 nitrogen and oxygen atoms in total. The number of ketones is 1. The zero-order chi connectivity index (χ0) is 14.0. The molecule has 2 heterocycles. The summed E-state index contributed by atoms with van der Waals surface area (Å²) in [6.07, 6.45) is 2.30. The highest BCUT2D eigenvalue weighted by atomic mass is 16.4. The zero-order valence-corrected chi connectivity index (χ0v) is 11.0. The predicted molar refractivity (Wildman–Crippen MR) is 70.6 cm³/mol. The fourth-order valence-corrected chi connectivity index (χ4v) is 2.20. The Morgan fingerprint density at radius 1 is 1.47 bits per heavy atom. The second kappa shape index (κ2) is 4.84. The molecule has 1 aliphatic heterocycles. The number of likely N-dealkylation sites (tertiary alicyclic amines) is 1. The SMILES string of the molecule is CC1(C)CN(C(=O)O)C/C(=C/c2ccccn2)C1=O. The number of rotatable bonds is 1. The number of pyridine rings is 1. The summed E-state index contributed by atoms with van der Waals surface area (Å²) in [5, 5.41) is 9.11. The minimum atomic E-state index is -1.01. The quantitative estimate of drug-likeness (QED) is 0.784. The topological polar surface area (TPSA) is 70.5 Å². The molecule has 1 fully saturated rings. The lowest BCUT2D eigenvalue weighted by atomic mass is 9.80. The first-order valence-corrected chi connectivity index (χ1v) is 6.04. The Morgan fingerprint density at radius 3 is 2.79 bits per heavy atom. The third kappa shape index (κ3) is 2.81. The summed E-state index contributed by atoms with van der Waals surface area (Å²) in [5.41, 5.74) is 0.447. The van der Waals surface area contributed by atoms with Crippen LogP contribution in [0.25, 0.3) is 6.08 Å². The summed E-state index contributed by atoms with van der Waals surface area (Å²) in [5.74, 6) is -0.0179. The number of amides is 1. The molecule has 1 aromatic heterocycles. The Hall–Kier alpha value is -2.17. The van der Waals surface area contributed by atoms with E-state index in [4.69, 9.17) is 5.11 Å². The van der Waals surface area contributed by atoms with Crippen molar-refractivity contribution in [2.24, 2.45) is 5.41 Å². The lowest BCUT2D eigenvalue weighted by Crippen LogP contribution is -2.49. The summed E-state index contributed by atoms with van der Waals surface area (Å²) >= 11 is 0. The van der Waals surface area contributed by atoms with Gasteiger partial charge in [-0.1, -0.05) is 19.9 Å². The van der Waals surface area contributed by atoms with Crippen molar-refractivity contribution in [3.8, 4) is 0 Å². The van der Waals surface area contributed by atoms with Gasteiger partial charge in [0.2, 0.25) is 0 Å². The Bertz CT molecular complexity index is 535. The first kappa shape index (κ1) is 13.3. The minimum absolute atomic E-state index is 0.0179. The van der Waals surface area contributed by atoms with Gasteiger partial charge in [-0.25, -0.2) is 4.79 Å². The molecule has 1 amide bonds. The number of piperidine rings is 1. The van der Waals surface area contributed by atoms with Gasteiger partial charge in [0.25, 0.3) is 0 Å². The standard InChI is InChI=1S/C14H16N2O3/c1-14(2)9-16(13(18)19)8-10(12(14)17)7-11-5-3-4-6-15-11/h3-7H,8-9H2,1-2H3,(H,18,19)/b10-7-. The van der Waals surface area contributed by atoms with E-state index in [9.17, 15) is 9.59 Å². The normalized spacial score (nSPS) is 20.6. The molecule has 0 unspecified atom stereocenters. The van der Waals surface area contributed by atoms with Crippen molar-refractivity contribution in [2.75, 3.05) is 13.1 Å². The number of carbonyl (C=O) groups is 2. The fraction of sp³-hybridized carbons (Fsp3) is 0.357. The van der Waals surface area contributed by atoms with Crippen molar-refractivity contribution in [1.82, 2.24) is 9.88 Å². The number of hydrogen-bond donors (Lipinski definition) is 1. The van der Waals surface area contributed by atoms with E-state index >= 15 is 0 Å². The number of Topliss-reactive ketones (excluding diaryl/α,β-unsaturated/α-hetero) is 1. The molecule has 100 valence electrons. The van der Waals surface area contributed by atoms with Gasteiger partial charge < -0.3 is 10.0 Å². The van der Waals surface area contributed by atoms with Crippen LogP contribution in [0.15, 0.2) is 30.0 Å². The monoisotopic (exact) mass is 260 g/mol. The highest BCUT2D eigenvalue weighted by Crippen LogP contribution is 2.29. The largest absolute Gasteiger partial charge is 0.465 e. The molecular weight excluding hydrogens is 244 g/mol. The van der Waals surface area contributed by atoms with E-state index < -0.39 is 11.5 Å². The maximum Gasteiger partial charge on any atom is 0.407 e. The molecule has 0 atom stereocenters. The molecule has 1 aromatic rings. The predicted octanol–water partition coefficient (Wildman–Crippen LogP) is 2.05. The van der Waals surface area contributed by atoms with Crippen molar-refractivity contribution in [3.05, 3.63) is 35.7 Å². The van der Waals surface area contributed by atoms with Crippen LogP contribution in [-0.2, 0) is 4.79 Å². The number of hydrogen-bond acceptors (Lipinski definition) is 3. The highest BCUT2D eigenvalue weighted by molar-refractivity contribution is 6.04. The Labute approximate surface area is 111 Å². The van der Waals surface area contributed by atoms with Gasteiger partial charge in [-0.15, -0.1) is 0 Å². The van der Waals surface area contributed by atoms with E-state index in [-0.39, 0.29) is 18.9 Å². The maximum atomic E-state index is 12.3. The zero-order valence-electron chi connectivity index (χ0n) is 11.0. The van der Waals surface area contributed by atoms with Crippen molar-refractivity contribution >= 4 is 18.0 Å². The second-order valence-corrected chi connectivity index (χ2v) is 5.28. The van der Waals surface area contributed by atoms with Crippen molar-refractivity contribution < 1.29 is 14.7 Å². The van der Waals surface area contributed by atoms with Gasteiger partial charge >= 0.3 is 6.09 Å². The van der Waals surface area contributed by atoms with Crippen LogP contribution in [0.5, 0.6) is 0 Å². The fourth-order valence-electron chi connectivity index (χ4n) is 2.20. The maximum absolute atomic E-state index is 12.3. The first-order valence-electron chi connectivity index (χ1n) is 6.04. The summed E-state index contributed by atoms with van der Waals surface area (Å²) < 4.78 is 0. The summed E-state index contributed by atoms with van der Waals surface area (Å²) in [6.45, 7) is 3.86. The molecule has 19 heavy (non-hydrogen) atoms. The molecule has 1 N–H and O–H groups in total. The van der Waals surface area contributed by atoms with Gasteiger partial charge in [0.15, 0.2) is 5.78 Å². The van der Waals surface area contributed by atoms with Gasteiger partial charge in [0, 0.05) is 23.7 Å². The third-order valence-electron chi connectivity index (χ3n) is 3.13. The Balaban J connectivity index is 2.35. The molecule has 0 saturated carbocycles. The number of carbonyl (C=O) groups excluding carboxylic acids is 1. The van der Waals surface area contributed by atoms with E-state index in [0.29, 0.717) is 11.3 Å². The van der Waals surface area contributed by atoms with Gasteiger partial charge in [0.05, 0.1) is 12.2 Å². The van der Waals surface area contributed by atoms with Crippen LogP contribution in [-0.4, -0.2) is 40.0 Å². The highest BCUT2D eigenvalue weighted by Gasteiger charge is 2.39. The number of carboxylic acid groups (broad SMARTS) is 1. The van der Waals surface area contributed by atoms with Gasteiger partial charge in [-0.3, -0.25) is 9.78 Å². The van der Waals surface area contributed by atoms with Crippen molar-refractivity contribution in [1.29, 1.82) is 0 Å². The van der Waals surface area contributed by atoms with E-state index in [1.807, 2.05) is 6.07 Å². The van der Waals surface area contributed by atoms with E-state index in [0.717, 1.165) is 0 Å². The molecule has 1 aliphatic rings. The number of aromatic nitrogens is 1. The summed E-state index contributed by atoms with van der Waals surface area (Å²) in [6, 6.07) is 5.40. The lowest BCUT2D eigenvalue weighted by Gasteiger charge is -2.36. The molecule has 0 bridgehead atoms. The molecule has 0 aromatic carbocycles. The van der Waals surface area contributed by atoms with Crippen LogP contribution in [0.3, 0.4) is 0 Å². The van der Waals surface area contributed by atoms with Gasteiger partial charge in [-0.05, 0) is 18.2 Å². The van der Waals surface area contributed by atoms with Crippen LogP contribution in [0.2, 0.25) is 0 Å². The van der Waals surface area contributed by atoms with E-state index in [1.165, 1.54) is 4.90 Å². The Kier molecular flexibility index (Phi) is 3.38. The van der Waals surface area contributed by atoms with Crippen molar-refractivity contribution in [3.63, 3.8) is 0 Å². The van der Waals surface area contributed by atoms with E-state index in [1.54, 1.807) is 38.3 Å². The molecule has 1 saturated heterocycles. The van der Waals surface area contributed by atoms with Crippen LogP contribution in [0, 0.1) is 5.41 Å². The van der Waals surface area contributed by atoms with Crippen molar-refractivity contribution in [2.45, 2.75) is 13.8 Å². The molecule has 0 aliphatic carbocycles. The number of nitrogens with zero attached hydrogens (tertiary/aromatic N) is 2. The third-order valence-corrected chi connectivity index (χ3v) is 3.13. The molecule has 2 rings (SSSR count). The van der Waals surface area contributed by atoms with Crippen LogP contribution < -0.4 is 0 Å². The minimum Gasteiger partial charge on any atom is -0.465 e. The van der Waals surface area contributed by atoms with Gasteiger partial charge in [-0.2, -0.15) is 0 Å². The van der Waals surface area contributed by atoms with Gasteiger partial charge in [0.1, 0.15) is 0 Å².